The Balaban J connectivity index is 1.52. The van der Waals surface area contributed by atoms with Crippen LogP contribution in [-0.4, -0.2) is 16.1 Å². The summed E-state index contributed by atoms with van der Waals surface area (Å²) in [4.78, 5) is 12.5. The summed E-state index contributed by atoms with van der Waals surface area (Å²) in [6, 6.07) is 20.0. The molecule has 4 heteroatoms. The summed E-state index contributed by atoms with van der Waals surface area (Å²) in [5.41, 5.74) is 4.82. The van der Waals surface area contributed by atoms with Gasteiger partial charge in [0.1, 0.15) is 5.69 Å². The largest absolute Gasteiger partial charge is 0.344 e. The van der Waals surface area contributed by atoms with E-state index in [1.165, 1.54) is 11.1 Å². The maximum absolute atomic E-state index is 12.5. The quantitative estimate of drug-likeness (QED) is 0.778. The number of aromatic nitrogens is 2. The SMILES string of the molecule is O=C(NC1CCc2ccccc21)c1cc(-c2ccccc2)n[nH]1. The molecule has 0 fully saturated rings. The minimum Gasteiger partial charge on any atom is -0.344 e. The minimum atomic E-state index is -0.110. The van der Waals surface area contributed by atoms with Crippen LogP contribution in [0.1, 0.15) is 34.1 Å². The third-order valence-electron chi connectivity index (χ3n) is 4.33. The Morgan fingerprint density at radius 3 is 2.74 bits per heavy atom. The molecule has 1 unspecified atom stereocenters. The van der Waals surface area contributed by atoms with E-state index in [4.69, 9.17) is 0 Å². The summed E-state index contributed by atoms with van der Waals surface area (Å²) in [6.45, 7) is 0. The van der Waals surface area contributed by atoms with E-state index in [1.54, 1.807) is 6.07 Å². The van der Waals surface area contributed by atoms with Gasteiger partial charge in [0.25, 0.3) is 5.91 Å². The molecular formula is C19H17N3O. The van der Waals surface area contributed by atoms with E-state index in [0.717, 1.165) is 24.1 Å². The summed E-state index contributed by atoms with van der Waals surface area (Å²) in [7, 11) is 0. The van der Waals surface area contributed by atoms with Gasteiger partial charge in [0.15, 0.2) is 0 Å². The van der Waals surface area contributed by atoms with Gasteiger partial charge in [-0.25, -0.2) is 0 Å². The van der Waals surface area contributed by atoms with Gasteiger partial charge in [-0.15, -0.1) is 0 Å². The third kappa shape index (κ3) is 2.63. The molecule has 2 N–H and O–H groups in total. The van der Waals surface area contributed by atoms with Crippen molar-refractivity contribution in [3.8, 4) is 11.3 Å². The van der Waals surface area contributed by atoms with Crippen LogP contribution in [0.3, 0.4) is 0 Å². The molecule has 1 aliphatic carbocycles. The molecule has 4 rings (SSSR count). The minimum absolute atomic E-state index is 0.0853. The number of aryl methyl sites for hydroxylation is 1. The smallest absolute Gasteiger partial charge is 0.269 e. The number of nitrogens with one attached hydrogen (secondary N) is 2. The number of nitrogens with zero attached hydrogens (tertiary/aromatic N) is 1. The highest BCUT2D eigenvalue weighted by atomic mass is 16.2. The topological polar surface area (TPSA) is 57.8 Å². The van der Waals surface area contributed by atoms with Gasteiger partial charge >= 0.3 is 0 Å². The molecule has 0 saturated heterocycles. The van der Waals surface area contributed by atoms with Crippen molar-refractivity contribution in [1.29, 1.82) is 0 Å². The van der Waals surface area contributed by atoms with Gasteiger partial charge in [0.05, 0.1) is 11.7 Å². The highest BCUT2D eigenvalue weighted by Gasteiger charge is 2.24. The second-order valence-corrected chi connectivity index (χ2v) is 5.80. The average molecular weight is 303 g/mol. The van der Waals surface area contributed by atoms with Crippen molar-refractivity contribution in [3.63, 3.8) is 0 Å². The van der Waals surface area contributed by atoms with Crippen LogP contribution < -0.4 is 5.32 Å². The Labute approximate surface area is 134 Å². The first kappa shape index (κ1) is 13.8. The van der Waals surface area contributed by atoms with Gasteiger partial charge in [-0.05, 0) is 30.0 Å². The van der Waals surface area contributed by atoms with Crippen LogP contribution in [0.2, 0.25) is 0 Å². The molecule has 0 radical (unpaired) electrons. The monoisotopic (exact) mass is 303 g/mol. The maximum atomic E-state index is 12.5. The normalized spacial score (nSPS) is 16.1. The molecule has 1 aliphatic rings. The number of hydrogen-bond donors (Lipinski definition) is 2. The van der Waals surface area contributed by atoms with E-state index >= 15 is 0 Å². The number of aromatic amines is 1. The van der Waals surface area contributed by atoms with Crippen LogP contribution in [0.15, 0.2) is 60.7 Å². The molecule has 23 heavy (non-hydrogen) atoms. The first-order valence-corrected chi connectivity index (χ1v) is 7.81. The van der Waals surface area contributed by atoms with Crippen LogP contribution in [-0.2, 0) is 6.42 Å². The van der Waals surface area contributed by atoms with Crippen molar-refractivity contribution in [2.75, 3.05) is 0 Å². The number of fused-ring (bicyclic) bond motifs is 1. The molecule has 1 heterocycles. The zero-order valence-corrected chi connectivity index (χ0v) is 12.6. The Hall–Kier alpha value is -2.88. The first-order chi connectivity index (χ1) is 11.3. The summed E-state index contributed by atoms with van der Waals surface area (Å²) in [5.74, 6) is -0.110. The van der Waals surface area contributed by atoms with Crippen LogP contribution in [0.5, 0.6) is 0 Å². The zero-order chi connectivity index (χ0) is 15.6. The van der Waals surface area contributed by atoms with E-state index in [-0.39, 0.29) is 11.9 Å². The molecular weight excluding hydrogens is 286 g/mol. The van der Waals surface area contributed by atoms with Crippen molar-refractivity contribution in [2.24, 2.45) is 0 Å². The van der Waals surface area contributed by atoms with Crippen molar-refractivity contribution in [2.45, 2.75) is 18.9 Å². The van der Waals surface area contributed by atoms with E-state index in [0.29, 0.717) is 5.69 Å². The highest BCUT2D eigenvalue weighted by molar-refractivity contribution is 5.93. The third-order valence-corrected chi connectivity index (χ3v) is 4.33. The lowest BCUT2D eigenvalue weighted by Gasteiger charge is -2.13. The molecule has 1 aromatic heterocycles. The standard InChI is InChI=1S/C19H17N3O/c23-19(20-16-11-10-13-6-4-5-9-15(13)16)18-12-17(21-22-18)14-7-2-1-3-8-14/h1-9,12,16H,10-11H2,(H,20,23)(H,21,22). The Kier molecular flexibility index (Phi) is 3.42. The number of hydrogen-bond acceptors (Lipinski definition) is 2. The Bertz CT molecular complexity index is 839. The van der Waals surface area contributed by atoms with Gasteiger partial charge in [0.2, 0.25) is 0 Å². The lowest BCUT2D eigenvalue weighted by atomic mass is 10.1. The molecule has 0 bridgehead atoms. The van der Waals surface area contributed by atoms with E-state index < -0.39 is 0 Å². The summed E-state index contributed by atoms with van der Waals surface area (Å²) in [5, 5.41) is 10.2. The summed E-state index contributed by atoms with van der Waals surface area (Å²) in [6.07, 6.45) is 1.96. The molecule has 0 spiro atoms. The number of H-pyrrole nitrogens is 1. The molecule has 1 amide bonds. The zero-order valence-electron chi connectivity index (χ0n) is 12.6. The number of amides is 1. The van der Waals surface area contributed by atoms with Crippen molar-refractivity contribution in [1.82, 2.24) is 15.5 Å². The molecule has 3 aromatic rings. The Morgan fingerprint density at radius 2 is 1.87 bits per heavy atom. The number of rotatable bonds is 3. The maximum Gasteiger partial charge on any atom is 0.269 e. The fraction of sp³-hybridized carbons (Fsp3) is 0.158. The molecule has 0 saturated carbocycles. The van der Waals surface area contributed by atoms with Gasteiger partial charge < -0.3 is 5.32 Å². The number of carbonyl (C=O) groups excluding carboxylic acids is 1. The summed E-state index contributed by atoms with van der Waals surface area (Å²) >= 11 is 0. The molecule has 4 nitrogen and oxygen atoms in total. The van der Waals surface area contributed by atoms with E-state index in [9.17, 15) is 4.79 Å². The van der Waals surface area contributed by atoms with Crippen LogP contribution in [0.25, 0.3) is 11.3 Å². The number of benzene rings is 2. The number of carbonyl (C=O) groups is 1. The van der Waals surface area contributed by atoms with E-state index in [2.05, 4.69) is 27.6 Å². The predicted octanol–water partition coefficient (Wildman–Crippen LogP) is 3.49. The van der Waals surface area contributed by atoms with Gasteiger partial charge in [-0.3, -0.25) is 9.89 Å². The predicted molar refractivity (Wildman–Crippen MR) is 89.0 cm³/mol. The second kappa shape index (κ2) is 5.72. The summed E-state index contributed by atoms with van der Waals surface area (Å²) < 4.78 is 0. The average Bonchev–Trinajstić information content (AvgIpc) is 3.24. The van der Waals surface area contributed by atoms with Crippen LogP contribution in [0.4, 0.5) is 0 Å². The van der Waals surface area contributed by atoms with Crippen molar-refractivity contribution < 1.29 is 4.79 Å². The fourth-order valence-electron chi connectivity index (χ4n) is 3.14. The van der Waals surface area contributed by atoms with Gasteiger partial charge in [-0.1, -0.05) is 54.6 Å². The Morgan fingerprint density at radius 1 is 1.09 bits per heavy atom. The molecule has 1 atom stereocenters. The van der Waals surface area contributed by atoms with Gasteiger partial charge in [-0.2, -0.15) is 5.10 Å². The fourth-order valence-corrected chi connectivity index (χ4v) is 3.14. The van der Waals surface area contributed by atoms with Crippen molar-refractivity contribution in [3.05, 3.63) is 77.5 Å². The lowest BCUT2D eigenvalue weighted by Crippen LogP contribution is -2.27. The lowest BCUT2D eigenvalue weighted by molar-refractivity contribution is 0.0931. The molecule has 2 aromatic carbocycles. The van der Waals surface area contributed by atoms with Gasteiger partial charge in [0, 0.05) is 5.56 Å². The van der Waals surface area contributed by atoms with Crippen LogP contribution >= 0.6 is 0 Å². The molecule has 114 valence electrons. The first-order valence-electron chi connectivity index (χ1n) is 7.81. The highest BCUT2D eigenvalue weighted by Crippen LogP contribution is 2.30. The van der Waals surface area contributed by atoms with Crippen LogP contribution in [0, 0.1) is 0 Å². The molecule has 0 aliphatic heterocycles. The van der Waals surface area contributed by atoms with Crippen molar-refractivity contribution >= 4 is 5.91 Å². The second-order valence-electron chi connectivity index (χ2n) is 5.80. The van der Waals surface area contributed by atoms with E-state index in [1.807, 2.05) is 42.5 Å².